The standard InChI is InChI=1S/C20H26N2O6/c1-20(2,3)28-19(26)21-10-9-15-16(21)14(17(23)24)11-22(15)18(25)27-12-13-7-5-4-6-8-13/h4-8,14-16H,9-12H2,1-3H3,(H,23,24)/t14?,15-,16-/m1/s1. The Morgan fingerprint density at radius 2 is 1.79 bits per heavy atom. The van der Waals surface area contributed by atoms with Crippen molar-refractivity contribution in [1.29, 1.82) is 0 Å². The van der Waals surface area contributed by atoms with Crippen LogP contribution in [0.2, 0.25) is 0 Å². The number of carboxylic acid groups (broad SMARTS) is 1. The molecular formula is C20H26N2O6. The van der Waals surface area contributed by atoms with Gasteiger partial charge in [0.05, 0.1) is 18.0 Å². The molecule has 3 atom stereocenters. The molecule has 0 aliphatic carbocycles. The zero-order valence-corrected chi connectivity index (χ0v) is 16.3. The summed E-state index contributed by atoms with van der Waals surface area (Å²) in [5.74, 6) is -1.91. The third-order valence-corrected chi connectivity index (χ3v) is 5.01. The van der Waals surface area contributed by atoms with Gasteiger partial charge in [-0.15, -0.1) is 0 Å². The quantitative estimate of drug-likeness (QED) is 0.852. The van der Waals surface area contributed by atoms with Gasteiger partial charge in [-0.05, 0) is 32.8 Å². The Bertz CT molecular complexity index is 745. The van der Waals surface area contributed by atoms with Crippen LogP contribution in [0.1, 0.15) is 32.8 Å². The summed E-state index contributed by atoms with van der Waals surface area (Å²) in [4.78, 5) is 39.8. The van der Waals surface area contributed by atoms with Gasteiger partial charge in [0.2, 0.25) is 0 Å². The minimum atomic E-state index is -1.04. The molecule has 2 aliphatic rings. The van der Waals surface area contributed by atoms with Crippen molar-refractivity contribution < 1.29 is 29.0 Å². The van der Waals surface area contributed by atoms with E-state index >= 15 is 0 Å². The maximum absolute atomic E-state index is 12.6. The fourth-order valence-corrected chi connectivity index (χ4v) is 3.85. The van der Waals surface area contributed by atoms with Crippen LogP contribution in [-0.2, 0) is 20.9 Å². The van der Waals surface area contributed by atoms with Gasteiger partial charge in [0, 0.05) is 13.1 Å². The van der Waals surface area contributed by atoms with E-state index in [1.165, 1.54) is 9.80 Å². The summed E-state index contributed by atoms with van der Waals surface area (Å²) in [6.45, 7) is 5.74. The van der Waals surface area contributed by atoms with Crippen LogP contribution in [0.25, 0.3) is 0 Å². The van der Waals surface area contributed by atoms with Gasteiger partial charge < -0.3 is 24.4 Å². The number of rotatable bonds is 3. The highest BCUT2D eigenvalue weighted by Crippen LogP contribution is 2.37. The number of amides is 2. The normalized spacial score (nSPS) is 24.0. The van der Waals surface area contributed by atoms with E-state index in [9.17, 15) is 19.5 Å². The van der Waals surface area contributed by atoms with E-state index in [2.05, 4.69) is 0 Å². The largest absolute Gasteiger partial charge is 0.481 e. The summed E-state index contributed by atoms with van der Waals surface area (Å²) in [6, 6.07) is 8.27. The predicted molar refractivity (Wildman–Crippen MR) is 99.6 cm³/mol. The molecular weight excluding hydrogens is 364 g/mol. The molecule has 152 valence electrons. The molecule has 0 radical (unpaired) electrons. The first-order chi connectivity index (χ1) is 13.2. The molecule has 28 heavy (non-hydrogen) atoms. The molecule has 0 aromatic heterocycles. The Hall–Kier alpha value is -2.77. The maximum Gasteiger partial charge on any atom is 0.410 e. The summed E-state index contributed by atoms with van der Waals surface area (Å²) >= 11 is 0. The second-order valence-electron chi connectivity index (χ2n) is 8.16. The summed E-state index contributed by atoms with van der Waals surface area (Å²) in [6.07, 6.45) is -0.617. The van der Waals surface area contributed by atoms with Crippen LogP contribution in [-0.4, -0.2) is 63.8 Å². The van der Waals surface area contributed by atoms with E-state index in [0.29, 0.717) is 13.0 Å². The van der Waals surface area contributed by atoms with Crippen molar-refractivity contribution in [2.24, 2.45) is 5.92 Å². The highest BCUT2D eigenvalue weighted by Gasteiger charge is 2.55. The first kappa shape index (κ1) is 20.0. The van der Waals surface area contributed by atoms with Crippen LogP contribution in [0.5, 0.6) is 0 Å². The Morgan fingerprint density at radius 3 is 2.39 bits per heavy atom. The van der Waals surface area contributed by atoms with E-state index in [-0.39, 0.29) is 13.2 Å². The highest BCUT2D eigenvalue weighted by molar-refractivity contribution is 5.78. The van der Waals surface area contributed by atoms with Gasteiger partial charge in [-0.3, -0.25) is 4.79 Å². The van der Waals surface area contributed by atoms with Crippen LogP contribution in [0, 0.1) is 5.92 Å². The molecule has 1 N–H and O–H groups in total. The molecule has 3 rings (SSSR count). The summed E-state index contributed by atoms with van der Waals surface area (Å²) in [7, 11) is 0. The van der Waals surface area contributed by atoms with Gasteiger partial charge >= 0.3 is 18.2 Å². The smallest absolute Gasteiger partial charge is 0.410 e. The molecule has 2 amide bonds. The summed E-state index contributed by atoms with van der Waals surface area (Å²) < 4.78 is 10.8. The number of likely N-dealkylation sites (tertiary alicyclic amines) is 2. The molecule has 2 aliphatic heterocycles. The number of carboxylic acids is 1. The van der Waals surface area contributed by atoms with E-state index < -0.39 is 41.8 Å². The molecule has 1 unspecified atom stereocenters. The first-order valence-electron chi connectivity index (χ1n) is 9.37. The number of aliphatic carboxylic acids is 1. The van der Waals surface area contributed by atoms with Crippen LogP contribution in [0.3, 0.4) is 0 Å². The van der Waals surface area contributed by atoms with Gasteiger partial charge in [0.15, 0.2) is 0 Å². The van der Waals surface area contributed by atoms with Crippen molar-refractivity contribution in [3.05, 3.63) is 35.9 Å². The number of fused-ring (bicyclic) bond motifs is 1. The van der Waals surface area contributed by atoms with E-state index in [0.717, 1.165) is 5.56 Å². The Labute approximate surface area is 164 Å². The average Bonchev–Trinajstić information content (AvgIpc) is 3.19. The van der Waals surface area contributed by atoms with Crippen LogP contribution in [0.4, 0.5) is 9.59 Å². The summed E-state index contributed by atoms with van der Waals surface area (Å²) in [5, 5.41) is 9.64. The minimum Gasteiger partial charge on any atom is -0.481 e. The lowest BCUT2D eigenvalue weighted by Gasteiger charge is -2.29. The Morgan fingerprint density at radius 1 is 1.11 bits per heavy atom. The Kier molecular flexibility index (Phi) is 5.49. The third-order valence-electron chi connectivity index (χ3n) is 5.01. The number of nitrogens with zero attached hydrogens (tertiary/aromatic N) is 2. The van der Waals surface area contributed by atoms with Crippen LogP contribution >= 0.6 is 0 Å². The second-order valence-corrected chi connectivity index (χ2v) is 8.16. The molecule has 8 nitrogen and oxygen atoms in total. The van der Waals surface area contributed by atoms with Crippen molar-refractivity contribution in [2.45, 2.75) is 51.5 Å². The highest BCUT2D eigenvalue weighted by atomic mass is 16.6. The van der Waals surface area contributed by atoms with Crippen LogP contribution in [0.15, 0.2) is 30.3 Å². The van der Waals surface area contributed by atoms with Gasteiger partial charge in [-0.2, -0.15) is 0 Å². The lowest BCUT2D eigenvalue weighted by atomic mass is 10.00. The number of hydrogen-bond donors (Lipinski definition) is 1. The lowest BCUT2D eigenvalue weighted by Crippen LogP contribution is -2.46. The van der Waals surface area contributed by atoms with Crippen molar-refractivity contribution in [3.63, 3.8) is 0 Å². The Balaban J connectivity index is 1.71. The molecule has 0 bridgehead atoms. The molecule has 2 fully saturated rings. The number of ether oxygens (including phenoxy) is 2. The number of carbonyl (C=O) groups is 3. The molecule has 8 heteroatoms. The van der Waals surface area contributed by atoms with Gasteiger partial charge in [-0.25, -0.2) is 9.59 Å². The van der Waals surface area contributed by atoms with Crippen molar-refractivity contribution in [3.8, 4) is 0 Å². The predicted octanol–water partition coefficient (Wildman–Crippen LogP) is 2.72. The zero-order valence-electron chi connectivity index (χ0n) is 16.3. The molecule has 1 aromatic rings. The van der Waals surface area contributed by atoms with Crippen LogP contribution < -0.4 is 0 Å². The van der Waals surface area contributed by atoms with E-state index in [4.69, 9.17) is 9.47 Å². The van der Waals surface area contributed by atoms with Gasteiger partial charge in [-0.1, -0.05) is 30.3 Å². The molecule has 2 saturated heterocycles. The number of hydrogen-bond acceptors (Lipinski definition) is 5. The maximum atomic E-state index is 12.6. The number of carbonyl (C=O) groups excluding carboxylic acids is 2. The monoisotopic (exact) mass is 390 g/mol. The number of benzene rings is 1. The molecule has 0 saturated carbocycles. The summed E-state index contributed by atoms with van der Waals surface area (Å²) in [5.41, 5.74) is 0.170. The zero-order chi connectivity index (χ0) is 20.5. The van der Waals surface area contributed by atoms with Crippen molar-refractivity contribution in [2.75, 3.05) is 13.1 Å². The van der Waals surface area contributed by atoms with Gasteiger partial charge in [0.25, 0.3) is 0 Å². The van der Waals surface area contributed by atoms with Crippen molar-refractivity contribution >= 4 is 18.2 Å². The third kappa shape index (κ3) is 4.21. The molecule has 2 heterocycles. The first-order valence-corrected chi connectivity index (χ1v) is 9.37. The minimum absolute atomic E-state index is 0.0115. The molecule has 0 spiro atoms. The SMILES string of the molecule is CC(C)(C)OC(=O)N1CC[C@@H]2[C@H]1C(C(=O)O)CN2C(=O)OCc1ccccc1. The van der Waals surface area contributed by atoms with Gasteiger partial charge in [0.1, 0.15) is 12.2 Å². The molecule has 1 aromatic carbocycles. The topological polar surface area (TPSA) is 96.4 Å². The second kappa shape index (κ2) is 7.69. The lowest BCUT2D eigenvalue weighted by molar-refractivity contribution is -0.142. The fraction of sp³-hybridized carbons (Fsp3) is 0.550. The van der Waals surface area contributed by atoms with E-state index in [1.807, 2.05) is 30.3 Å². The van der Waals surface area contributed by atoms with Crippen molar-refractivity contribution in [1.82, 2.24) is 9.80 Å². The van der Waals surface area contributed by atoms with E-state index in [1.54, 1.807) is 20.8 Å². The average molecular weight is 390 g/mol. The fourth-order valence-electron chi connectivity index (χ4n) is 3.85.